The van der Waals surface area contributed by atoms with Crippen molar-refractivity contribution >= 4 is 0 Å². The maximum absolute atomic E-state index is 4.24. The van der Waals surface area contributed by atoms with Gasteiger partial charge in [0, 0.05) is 5.54 Å². The molecule has 1 N–H and O–H groups in total. The van der Waals surface area contributed by atoms with Crippen molar-refractivity contribution in [2.75, 3.05) is 6.54 Å². The lowest BCUT2D eigenvalue weighted by Crippen LogP contribution is -2.47. The summed E-state index contributed by atoms with van der Waals surface area (Å²) in [6.07, 6.45) is 35.5. The van der Waals surface area contributed by atoms with Crippen molar-refractivity contribution in [3.8, 4) is 0 Å². The number of hydrogen-bond acceptors (Lipinski definition) is 1. The Morgan fingerprint density at radius 1 is 0.412 bits per heavy atom. The van der Waals surface area contributed by atoms with Gasteiger partial charge in [-0.1, -0.05) is 163 Å². The van der Waals surface area contributed by atoms with Gasteiger partial charge in [0.25, 0.3) is 0 Å². The lowest BCUT2D eigenvalue weighted by molar-refractivity contribution is 0.219. The van der Waals surface area contributed by atoms with Crippen LogP contribution in [-0.4, -0.2) is 12.1 Å². The molecule has 0 heterocycles. The van der Waals surface area contributed by atoms with E-state index in [1.54, 1.807) is 0 Å². The van der Waals surface area contributed by atoms with Crippen LogP contribution in [0.2, 0.25) is 0 Å². The van der Waals surface area contributed by atoms with Gasteiger partial charge in [-0.2, -0.15) is 0 Å². The molecular weight excluding hydrogens is 410 g/mol. The zero-order chi connectivity index (χ0) is 25.2. The van der Waals surface area contributed by atoms with Gasteiger partial charge in [-0.3, -0.25) is 0 Å². The van der Waals surface area contributed by atoms with E-state index in [0.717, 1.165) is 5.92 Å². The van der Waals surface area contributed by atoms with Gasteiger partial charge in [-0.25, -0.2) is 0 Å². The fourth-order valence-electron chi connectivity index (χ4n) is 5.76. The predicted octanol–water partition coefficient (Wildman–Crippen LogP) is 11.8. The van der Waals surface area contributed by atoms with Gasteiger partial charge in [0.05, 0.1) is 0 Å². The minimum absolute atomic E-state index is 0.419. The van der Waals surface area contributed by atoms with Crippen molar-refractivity contribution in [3.63, 3.8) is 0 Å². The molecule has 0 rings (SSSR count). The number of unbranched alkanes of at least 4 members (excludes halogenated alkanes) is 15. The first-order valence-electron chi connectivity index (χ1n) is 16.4. The number of rotatable bonds is 28. The molecule has 0 radical (unpaired) electrons. The molecule has 0 saturated heterocycles. The Balaban J connectivity index is 4.35. The zero-order valence-electron chi connectivity index (χ0n) is 25.0. The third kappa shape index (κ3) is 20.2. The van der Waals surface area contributed by atoms with Crippen molar-refractivity contribution in [1.29, 1.82) is 0 Å². The van der Waals surface area contributed by atoms with Gasteiger partial charge in [-0.15, -0.1) is 0 Å². The first kappa shape index (κ1) is 34.0. The molecule has 0 fully saturated rings. The van der Waals surface area contributed by atoms with E-state index in [0.29, 0.717) is 5.54 Å². The van der Waals surface area contributed by atoms with Crippen LogP contribution in [0, 0.1) is 5.92 Å². The molecule has 0 aromatic rings. The smallest absolute Gasteiger partial charge is 0.0181 e. The van der Waals surface area contributed by atoms with E-state index < -0.39 is 0 Å². The average molecular weight is 480 g/mol. The van der Waals surface area contributed by atoms with E-state index in [1.165, 1.54) is 167 Å². The van der Waals surface area contributed by atoms with Gasteiger partial charge in [0.2, 0.25) is 0 Å². The fraction of sp³-hybridized carbons (Fsp3) is 1.00. The minimum Gasteiger partial charge on any atom is -0.311 e. The van der Waals surface area contributed by atoms with Crippen LogP contribution in [0.4, 0.5) is 0 Å². The Kier molecular flexibility index (Phi) is 26.0. The summed E-state index contributed by atoms with van der Waals surface area (Å²) < 4.78 is 0. The summed E-state index contributed by atoms with van der Waals surface area (Å²) in [6.45, 7) is 13.0. The van der Waals surface area contributed by atoms with Crippen molar-refractivity contribution in [3.05, 3.63) is 0 Å². The molecule has 0 aliphatic rings. The van der Waals surface area contributed by atoms with Gasteiger partial charge in [0.1, 0.15) is 0 Å². The van der Waals surface area contributed by atoms with E-state index in [1.807, 2.05) is 0 Å². The summed E-state index contributed by atoms with van der Waals surface area (Å²) in [5, 5.41) is 4.24. The van der Waals surface area contributed by atoms with Gasteiger partial charge in [0.15, 0.2) is 0 Å². The van der Waals surface area contributed by atoms with Crippen LogP contribution in [0.15, 0.2) is 0 Å². The highest BCUT2D eigenvalue weighted by Crippen LogP contribution is 2.29. The molecule has 1 atom stereocenters. The van der Waals surface area contributed by atoms with E-state index in [2.05, 4.69) is 39.9 Å². The first-order valence-corrected chi connectivity index (χ1v) is 16.4. The molecule has 1 nitrogen and oxygen atoms in total. The molecular formula is C33H69N. The molecule has 206 valence electrons. The SMILES string of the molecule is CCCCCCCCCCCCCCCC(CCCC)(CCCC)NCC(CCC)CCCC. The van der Waals surface area contributed by atoms with E-state index in [-0.39, 0.29) is 0 Å². The molecule has 0 amide bonds. The zero-order valence-corrected chi connectivity index (χ0v) is 25.0. The average Bonchev–Trinajstić information content (AvgIpc) is 2.85. The Morgan fingerprint density at radius 3 is 1.26 bits per heavy atom. The van der Waals surface area contributed by atoms with Crippen molar-refractivity contribution in [1.82, 2.24) is 5.32 Å². The lowest BCUT2D eigenvalue weighted by atomic mass is 9.81. The second-order valence-electron chi connectivity index (χ2n) is 11.7. The predicted molar refractivity (Wildman–Crippen MR) is 158 cm³/mol. The van der Waals surface area contributed by atoms with Gasteiger partial charge >= 0.3 is 0 Å². The third-order valence-electron chi connectivity index (χ3n) is 8.21. The summed E-state index contributed by atoms with van der Waals surface area (Å²) in [5.74, 6) is 0.888. The van der Waals surface area contributed by atoms with Crippen molar-refractivity contribution in [2.45, 2.75) is 201 Å². The van der Waals surface area contributed by atoms with Gasteiger partial charge < -0.3 is 5.32 Å². The molecule has 0 aliphatic carbocycles. The van der Waals surface area contributed by atoms with E-state index in [9.17, 15) is 0 Å². The highest BCUT2D eigenvalue weighted by atomic mass is 15.0. The quantitative estimate of drug-likeness (QED) is 0.110. The molecule has 0 aliphatic heterocycles. The standard InChI is InChI=1S/C33H69N/c1-6-11-15-16-17-18-19-20-21-22-23-24-25-30-33(28-13-8-3,29-14-9-4)34-31-32(26-10-5)27-12-7-2/h32,34H,6-31H2,1-5H3. The molecule has 0 aromatic carbocycles. The summed E-state index contributed by atoms with van der Waals surface area (Å²) >= 11 is 0. The molecule has 0 saturated carbocycles. The van der Waals surface area contributed by atoms with Gasteiger partial charge in [-0.05, 0) is 44.6 Å². The molecule has 1 unspecified atom stereocenters. The Morgan fingerprint density at radius 2 is 0.824 bits per heavy atom. The van der Waals surface area contributed by atoms with Crippen molar-refractivity contribution in [2.24, 2.45) is 5.92 Å². The van der Waals surface area contributed by atoms with Crippen LogP contribution in [-0.2, 0) is 0 Å². The molecule has 0 aromatic heterocycles. The Labute approximate surface area is 218 Å². The number of hydrogen-bond donors (Lipinski definition) is 1. The molecule has 34 heavy (non-hydrogen) atoms. The largest absolute Gasteiger partial charge is 0.311 e. The number of nitrogens with one attached hydrogen (secondary N) is 1. The second-order valence-corrected chi connectivity index (χ2v) is 11.7. The van der Waals surface area contributed by atoms with E-state index in [4.69, 9.17) is 0 Å². The van der Waals surface area contributed by atoms with E-state index >= 15 is 0 Å². The maximum Gasteiger partial charge on any atom is 0.0181 e. The Hall–Kier alpha value is -0.0400. The second kappa shape index (κ2) is 26.0. The minimum atomic E-state index is 0.419. The maximum atomic E-state index is 4.24. The first-order chi connectivity index (χ1) is 16.7. The van der Waals surface area contributed by atoms with Crippen LogP contribution in [0.25, 0.3) is 0 Å². The van der Waals surface area contributed by atoms with Crippen LogP contribution in [0.1, 0.15) is 195 Å². The molecule has 0 spiro atoms. The summed E-state index contributed by atoms with van der Waals surface area (Å²) in [5.41, 5.74) is 0.419. The third-order valence-corrected chi connectivity index (χ3v) is 8.21. The molecule has 0 bridgehead atoms. The summed E-state index contributed by atoms with van der Waals surface area (Å²) in [6, 6.07) is 0. The lowest BCUT2D eigenvalue weighted by Gasteiger charge is -2.37. The monoisotopic (exact) mass is 480 g/mol. The van der Waals surface area contributed by atoms with Crippen molar-refractivity contribution < 1.29 is 0 Å². The van der Waals surface area contributed by atoms with Crippen LogP contribution in [0.5, 0.6) is 0 Å². The van der Waals surface area contributed by atoms with Crippen LogP contribution in [0.3, 0.4) is 0 Å². The Bertz CT molecular complexity index is 369. The van der Waals surface area contributed by atoms with Crippen LogP contribution >= 0.6 is 0 Å². The normalized spacial score (nSPS) is 13.0. The fourth-order valence-corrected chi connectivity index (χ4v) is 5.76. The summed E-state index contributed by atoms with van der Waals surface area (Å²) in [7, 11) is 0. The summed E-state index contributed by atoms with van der Waals surface area (Å²) in [4.78, 5) is 0. The topological polar surface area (TPSA) is 12.0 Å². The molecule has 1 heteroatoms. The highest BCUT2D eigenvalue weighted by Gasteiger charge is 2.28. The van der Waals surface area contributed by atoms with Crippen LogP contribution < -0.4 is 5.32 Å². The highest BCUT2D eigenvalue weighted by molar-refractivity contribution is 4.89.